The molecule has 0 radical (unpaired) electrons. The van der Waals surface area contributed by atoms with Crippen LogP contribution in [0.15, 0.2) is 30.3 Å². The van der Waals surface area contributed by atoms with Gasteiger partial charge in [0.25, 0.3) is 11.6 Å². The Morgan fingerprint density at radius 2 is 1.81 bits per heavy atom. The van der Waals surface area contributed by atoms with Crippen molar-refractivity contribution in [3.63, 3.8) is 0 Å². The SMILES string of the molecule is COc1cc2c(cc1OC)CN(C(=O)c1cccc([N+](=O)[O-])c1C)CC2. The molecule has 7 nitrogen and oxygen atoms in total. The van der Waals surface area contributed by atoms with Gasteiger partial charge < -0.3 is 14.4 Å². The van der Waals surface area contributed by atoms with Crippen molar-refractivity contribution < 1.29 is 19.2 Å². The highest BCUT2D eigenvalue weighted by Crippen LogP contribution is 2.34. The normalized spacial score (nSPS) is 13.1. The fraction of sp³-hybridized carbons (Fsp3) is 0.316. The number of carbonyl (C=O) groups is 1. The second-order valence-electron chi connectivity index (χ2n) is 6.16. The van der Waals surface area contributed by atoms with Crippen LogP contribution in [-0.4, -0.2) is 36.5 Å². The minimum atomic E-state index is -0.464. The Kier molecular flexibility index (Phi) is 4.79. The second-order valence-corrected chi connectivity index (χ2v) is 6.16. The van der Waals surface area contributed by atoms with E-state index >= 15 is 0 Å². The van der Waals surface area contributed by atoms with Crippen molar-refractivity contribution in [1.82, 2.24) is 4.90 Å². The summed E-state index contributed by atoms with van der Waals surface area (Å²) in [5.41, 5.74) is 2.82. The van der Waals surface area contributed by atoms with Crippen LogP contribution in [0.25, 0.3) is 0 Å². The molecular weight excluding hydrogens is 336 g/mol. The lowest BCUT2D eigenvalue weighted by atomic mass is 9.97. The molecule has 0 unspecified atom stereocenters. The molecule has 3 rings (SSSR count). The summed E-state index contributed by atoms with van der Waals surface area (Å²) < 4.78 is 10.7. The van der Waals surface area contributed by atoms with E-state index < -0.39 is 4.92 Å². The van der Waals surface area contributed by atoms with Gasteiger partial charge in [-0.2, -0.15) is 0 Å². The van der Waals surface area contributed by atoms with Crippen LogP contribution in [0.4, 0.5) is 5.69 Å². The number of fused-ring (bicyclic) bond motifs is 1. The van der Waals surface area contributed by atoms with Gasteiger partial charge in [0.05, 0.1) is 19.1 Å². The predicted molar refractivity (Wildman–Crippen MR) is 95.8 cm³/mol. The van der Waals surface area contributed by atoms with E-state index in [0.29, 0.717) is 42.1 Å². The molecule has 1 aliphatic rings. The first-order chi connectivity index (χ1) is 12.5. The van der Waals surface area contributed by atoms with Gasteiger partial charge in [-0.3, -0.25) is 14.9 Å². The highest BCUT2D eigenvalue weighted by Gasteiger charge is 2.26. The van der Waals surface area contributed by atoms with Crippen LogP contribution in [0.3, 0.4) is 0 Å². The third-order valence-electron chi connectivity index (χ3n) is 4.74. The van der Waals surface area contributed by atoms with Gasteiger partial charge in [0.15, 0.2) is 11.5 Å². The van der Waals surface area contributed by atoms with E-state index in [1.807, 2.05) is 12.1 Å². The van der Waals surface area contributed by atoms with Crippen LogP contribution in [-0.2, 0) is 13.0 Å². The van der Waals surface area contributed by atoms with Crippen molar-refractivity contribution in [3.05, 3.63) is 62.7 Å². The number of carbonyl (C=O) groups excluding carboxylic acids is 1. The van der Waals surface area contributed by atoms with Crippen molar-refractivity contribution in [2.75, 3.05) is 20.8 Å². The maximum Gasteiger partial charge on any atom is 0.273 e. The maximum atomic E-state index is 12.9. The zero-order valence-electron chi connectivity index (χ0n) is 14.9. The molecule has 7 heteroatoms. The smallest absolute Gasteiger partial charge is 0.273 e. The number of hydrogen-bond donors (Lipinski definition) is 0. The van der Waals surface area contributed by atoms with Gasteiger partial charge in [-0.1, -0.05) is 6.07 Å². The van der Waals surface area contributed by atoms with Crippen molar-refractivity contribution in [2.24, 2.45) is 0 Å². The summed E-state index contributed by atoms with van der Waals surface area (Å²) in [6, 6.07) is 8.41. The lowest BCUT2D eigenvalue weighted by Crippen LogP contribution is -2.36. The topological polar surface area (TPSA) is 81.9 Å². The standard InChI is InChI=1S/C19H20N2O5/c1-12-15(5-4-6-16(12)21(23)24)19(22)20-8-7-13-9-17(25-2)18(26-3)10-14(13)11-20/h4-6,9-10H,7-8,11H2,1-3H3. The van der Waals surface area contributed by atoms with Crippen LogP contribution in [0.5, 0.6) is 11.5 Å². The molecule has 26 heavy (non-hydrogen) atoms. The highest BCUT2D eigenvalue weighted by atomic mass is 16.6. The Bertz CT molecular complexity index is 878. The Morgan fingerprint density at radius 1 is 1.15 bits per heavy atom. The molecule has 0 saturated carbocycles. The molecule has 0 N–H and O–H groups in total. The van der Waals surface area contributed by atoms with Gasteiger partial charge in [-0.05, 0) is 42.7 Å². The van der Waals surface area contributed by atoms with E-state index in [-0.39, 0.29) is 11.6 Å². The van der Waals surface area contributed by atoms with E-state index in [1.54, 1.807) is 38.2 Å². The van der Waals surface area contributed by atoms with E-state index in [0.717, 1.165) is 11.1 Å². The van der Waals surface area contributed by atoms with E-state index in [9.17, 15) is 14.9 Å². The minimum Gasteiger partial charge on any atom is -0.493 e. The second kappa shape index (κ2) is 7.03. The van der Waals surface area contributed by atoms with Gasteiger partial charge in [0.1, 0.15) is 0 Å². The number of nitro benzene ring substituents is 1. The fourth-order valence-electron chi connectivity index (χ4n) is 3.28. The molecule has 1 amide bonds. The average molecular weight is 356 g/mol. The summed E-state index contributed by atoms with van der Waals surface area (Å²) in [6.07, 6.45) is 0.690. The largest absolute Gasteiger partial charge is 0.493 e. The molecule has 0 aliphatic carbocycles. The Hall–Kier alpha value is -3.09. The van der Waals surface area contributed by atoms with Crippen molar-refractivity contribution in [1.29, 1.82) is 0 Å². The highest BCUT2D eigenvalue weighted by molar-refractivity contribution is 5.96. The van der Waals surface area contributed by atoms with E-state index in [1.165, 1.54) is 6.07 Å². The van der Waals surface area contributed by atoms with Gasteiger partial charge in [0.2, 0.25) is 0 Å². The molecule has 0 saturated heterocycles. The van der Waals surface area contributed by atoms with E-state index in [4.69, 9.17) is 9.47 Å². The predicted octanol–water partition coefficient (Wildman–Crippen LogP) is 3.12. The molecule has 136 valence electrons. The monoisotopic (exact) mass is 356 g/mol. The molecule has 0 fully saturated rings. The number of methoxy groups -OCH3 is 2. The maximum absolute atomic E-state index is 12.9. The van der Waals surface area contributed by atoms with Gasteiger partial charge in [-0.15, -0.1) is 0 Å². The van der Waals surface area contributed by atoms with Crippen LogP contribution >= 0.6 is 0 Å². The molecule has 2 aromatic carbocycles. The zero-order valence-corrected chi connectivity index (χ0v) is 14.9. The summed E-state index contributed by atoms with van der Waals surface area (Å²) >= 11 is 0. The number of amides is 1. The summed E-state index contributed by atoms with van der Waals surface area (Å²) in [7, 11) is 3.16. The van der Waals surface area contributed by atoms with Gasteiger partial charge in [-0.25, -0.2) is 0 Å². The number of nitro groups is 1. The lowest BCUT2D eigenvalue weighted by molar-refractivity contribution is -0.385. The first kappa shape index (κ1) is 17.7. The minimum absolute atomic E-state index is 0.0420. The van der Waals surface area contributed by atoms with Gasteiger partial charge >= 0.3 is 0 Å². The third kappa shape index (κ3) is 3.08. The number of ether oxygens (including phenoxy) is 2. The molecule has 0 bridgehead atoms. The quantitative estimate of drug-likeness (QED) is 0.621. The summed E-state index contributed by atoms with van der Waals surface area (Å²) in [5.74, 6) is 1.08. The van der Waals surface area contributed by atoms with Crippen LogP contribution in [0.2, 0.25) is 0 Å². The molecular formula is C19H20N2O5. The number of nitrogens with zero attached hydrogens (tertiary/aromatic N) is 2. The summed E-state index contributed by atoms with van der Waals surface area (Å²) in [5, 5.41) is 11.1. The Morgan fingerprint density at radius 3 is 2.42 bits per heavy atom. The van der Waals surface area contributed by atoms with Crippen molar-refractivity contribution in [3.8, 4) is 11.5 Å². The molecule has 1 heterocycles. The van der Waals surface area contributed by atoms with Crippen molar-refractivity contribution >= 4 is 11.6 Å². The molecule has 0 atom stereocenters. The fourth-order valence-corrected chi connectivity index (χ4v) is 3.28. The van der Waals surface area contributed by atoms with Gasteiger partial charge in [0, 0.05) is 30.3 Å². The third-order valence-corrected chi connectivity index (χ3v) is 4.74. The average Bonchev–Trinajstić information content (AvgIpc) is 2.65. The van der Waals surface area contributed by atoms with Crippen LogP contribution in [0, 0.1) is 17.0 Å². The summed E-state index contributed by atoms with van der Waals surface area (Å²) in [4.78, 5) is 25.3. The first-order valence-corrected chi connectivity index (χ1v) is 8.23. The summed E-state index contributed by atoms with van der Waals surface area (Å²) in [6.45, 7) is 2.58. The zero-order chi connectivity index (χ0) is 18.8. The molecule has 0 spiro atoms. The Balaban J connectivity index is 1.90. The van der Waals surface area contributed by atoms with Crippen LogP contribution < -0.4 is 9.47 Å². The Labute approximate surface area is 151 Å². The number of rotatable bonds is 4. The lowest BCUT2D eigenvalue weighted by Gasteiger charge is -2.30. The molecule has 1 aliphatic heterocycles. The molecule has 2 aromatic rings. The number of benzene rings is 2. The van der Waals surface area contributed by atoms with Crippen molar-refractivity contribution in [2.45, 2.75) is 19.9 Å². The first-order valence-electron chi connectivity index (χ1n) is 8.23. The molecule has 0 aromatic heterocycles. The van der Waals surface area contributed by atoms with Crippen LogP contribution in [0.1, 0.15) is 27.0 Å². The van der Waals surface area contributed by atoms with E-state index in [2.05, 4.69) is 0 Å². The number of hydrogen-bond acceptors (Lipinski definition) is 5.